The molecule has 6 nitrogen and oxygen atoms in total. The van der Waals surface area contributed by atoms with Gasteiger partial charge in [0, 0.05) is 18.4 Å². The van der Waals surface area contributed by atoms with Gasteiger partial charge in [-0.05, 0) is 42.3 Å². The number of amides is 1. The molecule has 0 saturated carbocycles. The average molecular weight is 396 g/mol. The van der Waals surface area contributed by atoms with Crippen molar-refractivity contribution in [2.45, 2.75) is 26.9 Å². The van der Waals surface area contributed by atoms with Gasteiger partial charge in [0.2, 0.25) is 5.91 Å². The Morgan fingerprint density at radius 3 is 2.68 bits per heavy atom. The van der Waals surface area contributed by atoms with Crippen molar-refractivity contribution in [3.63, 3.8) is 0 Å². The zero-order valence-electron chi connectivity index (χ0n) is 15.6. The first-order valence-electron chi connectivity index (χ1n) is 8.79. The summed E-state index contributed by atoms with van der Waals surface area (Å²) in [6.45, 7) is 3.60. The molecule has 3 aromatic rings. The van der Waals surface area contributed by atoms with E-state index in [1.54, 1.807) is 22.4 Å². The zero-order chi connectivity index (χ0) is 19.9. The highest BCUT2D eigenvalue weighted by Gasteiger charge is 2.18. The van der Waals surface area contributed by atoms with Crippen LogP contribution in [0.2, 0.25) is 0 Å². The minimum absolute atomic E-state index is 0.0261. The second-order valence-corrected chi connectivity index (χ2v) is 6.79. The number of carbonyl (C=O) groups is 2. The molecule has 0 radical (unpaired) electrons. The molecule has 0 spiro atoms. The fourth-order valence-corrected chi connectivity index (χ4v) is 3.37. The first-order valence-corrected chi connectivity index (χ1v) is 9.67. The van der Waals surface area contributed by atoms with E-state index < -0.39 is 5.97 Å². The smallest absolute Gasteiger partial charge is 0.331 e. The second kappa shape index (κ2) is 9.14. The fraction of sp³-hybridized carbons (Fsp3) is 0.190. The maximum absolute atomic E-state index is 12.2. The number of esters is 1. The molecule has 0 saturated heterocycles. The van der Waals surface area contributed by atoms with E-state index in [2.05, 4.69) is 11.9 Å². The number of anilines is 2. The summed E-state index contributed by atoms with van der Waals surface area (Å²) in [4.78, 5) is 29.9. The lowest BCUT2D eigenvalue weighted by Gasteiger charge is -2.18. The van der Waals surface area contributed by atoms with E-state index in [0.717, 1.165) is 12.1 Å². The van der Waals surface area contributed by atoms with Gasteiger partial charge in [-0.2, -0.15) is 0 Å². The van der Waals surface area contributed by atoms with Crippen LogP contribution in [-0.4, -0.2) is 16.9 Å². The van der Waals surface area contributed by atoms with Crippen molar-refractivity contribution in [3.8, 4) is 0 Å². The monoisotopic (exact) mass is 396 g/mol. The normalized spacial score (nSPS) is 10.9. The van der Waals surface area contributed by atoms with Crippen LogP contribution >= 0.6 is 11.3 Å². The Morgan fingerprint density at radius 2 is 2.04 bits per heavy atom. The van der Waals surface area contributed by atoms with Gasteiger partial charge >= 0.3 is 5.97 Å². The predicted octanol–water partition coefficient (Wildman–Crippen LogP) is 4.74. The largest absolute Gasteiger partial charge is 0.465 e. The van der Waals surface area contributed by atoms with Crippen LogP contribution in [0.4, 0.5) is 10.8 Å². The van der Waals surface area contributed by atoms with Crippen molar-refractivity contribution >= 4 is 40.1 Å². The summed E-state index contributed by atoms with van der Waals surface area (Å²) in [6, 6.07) is 11.3. The minimum Gasteiger partial charge on any atom is -0.465 e. The molecule has 0 fully saturated rings. The van der Waals surface area contributed by atoms with Crippen molar-refractivity contribution in [2.75, 3.05) is 4.90 Å². The standard InChI is InChI=1S/C21H20N2O4S/c1-3-16-6-8-18(9-7-16)23(15(2)24)21-22-17(14-28-21)13-27-20(25)11-10-19-5-4-12-26-19/h4-12,14H,3,13H2,1-2H3/b11-10+. The van der Waals surface area contributed by atoms with Gasteiger partial charge in [-0.15, -0.1) is 11.3 Å². The number of hydrogen-bond donors (Lipinski definition) is 0. The second-order valence-electron chi connectivity index (χ2n) is 5.95. The predicted molar refractivity (Wildman–Crippen MR) is 108 cm³/mol. The van der Waals surface area contributed by atoms with Crippen LogP contribution in [0, 0.1) is 0 Å². The lowest BCUT2D eigenvalue weighted by atomic mass is 10.1. The molecule has 7 heteroatoms. The number of benzene rings is 1. The molecule has 3 rings (SSSR count). The number of hydrogen-bond acceptors (Lipinski definition) is 6. The van der Waals surface area contributed by atoms with Crippen molar-refractivity contribution in [3.05, 3.63) is 71.1 Å². The molecule has 2 aromatic heterocycles. The Balaban J connectivity index is 1.65. The average Bonchev–Trinajstić information content (AvgIpc) is 3.37. The van der Waals surface area contributed by atoms with Crippen LogP contribution in [0.15, 0.2) is 58.5 Å². The van der Waals surface area contributed by atoms with E-state index in [9.17, 15) is 9.59 Å². The van der Waals surface area contributed by atoms with Crippen molar-refractivity contribution in [1.29, 1.82) is 0 Å². The number of nitrogens with zero attached hydrogens (tertiary/aromatic N) is 2. The molecule has 0 N–H and O–H groups in total. The van der Waals surface area contributed by atoms with Gasteiger partial charge in [0.25, 0.3) is 0 Å². The topological polar surface area (TPSA) is 72.6 Å². The van der Waals surface area contributed by atoms with Crippen molar-refractivity contribution < 1.29 is 18.7 Å². The number of aryl methyl sites for hydroxylation is 1. The van der Waals surface area contributed by atoms with Gasteiger partial charge in [-0.1, -0.05) is 19.1 Å². The van der Waals surface area contributed by atoms with Gasteiger partial charge in [0.1, 0.15) is 12.4 Å². The number of rotatable bonds is 7. The van der Waals surface area contributed by atoms with E-state index in [0.29, 0.717) is 16.6 Å². The quantitative estimate of drug-likeness (QED) is 0.426. The number of furan rings is 1. The van der Waals surface area contributed by atoms with Crippen LogP contribution in [0.5, 0.6) is 0 Å². The lowest BCUT2D eigenvalue weighted by molar-refractivity contribution is -0.139. The third kappa shape index (κ3) is 4.95. The first-order chi connectivity index (χ1) is 13.6. The molecule has 144 valence electrons. The molecule has 0 aliphatic carbocycles. The molecular formula is C21H20N2O4S. The highest BCUT2D eigenvalue weighted by Crippen LogP contribution is 2.29. The Labute approximate surface area is 167 Å². The van der Waals surface area contributed by atoms with Crippen LogP contribution < -0.4 is 4.90 Å². The fourth-order valence-electron chi connectivity index (χ4n) is 2.50. The summed E-state index contributed by atoms with van der Waals surface area (Å²) in [6.07, 6.45) is 5.29. The summed E-state index contributed by atoms with van der Waals surface area (Å²) < 4.78 is 10.3. The molecule has 0 unspecified atom stereocenters. The molecule has 0 bridgehead atoms. The van der Waals surface area contributed by atoms with Gasteiger partial charge < -0.3 is 9.15 Å². The summed E-state index contributed by atoms with van der Waals surface area (Å²) >= 11 is 1.32. The highest BCUT2D eigenvalue weighted by atomic mass is 32.1. The van der Waals surface area contributed by atoms with E-state index in [1.807, 2.05) is 24.3 Å². The van der Waals surface area contributed by atoms with Gasteiger partial charge in [-0.3, -0.25) is 9.69 Å². The molecule has 28 heavy (non-hydrogen) atoms. The molecular weight excluding hydrogens is 376 g/mol. The van der Waals surface area contributed by atoms with Crippen LogP contribution in [0.25, 0.3) is 6.08 Å². The van der Waals surface area contributed by atoms with Gasteiger partial charge in [-0.25, -0.2) is 9.78 Å². The molecule has 2 heterocycles. The van der Waals surface area contributed by atoms with Crippen molar-refractivity contribution in [2.24, 2.45) is 0 Å². The summed E-state index contributed by atoms with van der Waals surface area (Å²) in [7, 11) is 0. The molecule has 0 aliphatic heterocycles. The Hall–Kier alpha value is -3.19. The highest BCUT2D eigenvalue weighted by molar-refractivity contribution is 7.14. The van der Waals surface area contributed by atoms with Crippen LogP contribution in [-0.2, 0) is 27.4 Å². The van der Waals surface area contributed by atoms with Gasteiger partial charge in [0.15, 0.2) is 5.13 Å². The maximum atomic E-state index is 12.2. The Morgan fingerprint density at radius 1 is 1.25 bits per heavy atom. The zero-order valence-corrected chi connectivity index (χ0v) is 16.4. The van der Waals surface area contributed by atoms with Crippen molar-refractivity contribution in [1.82, 2.24) is 4.98 Å². The Bertz CT molecular complexity index is 959. The molecule has 1 amide bonds. The summed E-state index contributed by atoms with van der Waals surface area (Å²) in [5.74, 6) is -0.0628. The first kappa shape index (κ1) is 19.6. The van der Waals surface area contributed by atoms with E-state index >= 15 is 0 Å². The third-order valence-electron chi connectivity index (χ3n) is 3.94. The Kier molecular flexibility index (Phi) is 6.39. The molecule has 0 atom stereocenters. The number of aromatic nitrogens is 1. The van der Waals surface area contributed by atoms with Crippen LogP contribution in [0.1, 0.15) is 30.9 Å². The summed E-state index contributed by atoms with van der Waals surface area (Å²) in [5, 5.41) is 2.31. The van der Waals surface area contributed by atoms with E-state index in [-0.39, 0.29) is 12.5 Å². The van der Waals surface area contributed by atoms with E-state index in [4.69, 9.17) is 9.15 Å². The number of ether oxygens (including phenoxy) is 1. The van der Waals surface area contributed by atoms with Crippen LogP contribution in [0.3, 0.4) is 0 Å². The number of thiazole rings is 1. The molecule has 0 aliphatic rings. The third-order valence-corrected chi connectivity index (χ3v) is 4.81. The lowest BCUT2D eigenvalue weighted by Crippen LogP contribution is -2.22. The molecule has 1 aromatic carbocycles. The minimum atomic E-state index is -0.496. The van der Waals surface area contributed by atoms with E-state index in [1.165, 1.54) is 42.2 Å². The summed E-state index contributed by atoms with van der Waals surface area (Å²) in [5.41, 5.74) is 2.53. The van der Waals surface area contributed by atoms with Gasteiger partial charge in [0.05, 0.1) is 17.6 Å². The maximum Gasteiger partial charge on any atom is 0.331 e. The SMILES string of the molecule is CCc1ccc(N(C(C)=O)c2nc(COC(=O)/C=C/c3ccco3)cs2)cc1. The number of carbonyl (C=O) groups excluding carboxylic acids is 2.